The molecule has 2 aromatic heterocycles. The minimum absolute atomic E-state index is 0.332. The summed E-state index contributed by atoms with van der Waals surface area (Å²) in [6, 6.07) is 0. The Kier molecular flexibility index (Phi) is 6.84. The number of amides is 1. The van der Waals surface area contributed by atoms with Crippen LogP contribution in [0.2, 0.25) is 0 Å². The number of thiazole rings is 1. The highest BCUT2D eigenvalue weighted by molar-refractivity contribution is 7.11. The summed E-state index contributed by atoms with van der Waals surface area (Å²) in [7, 11) is 1.90. The molecule has 30 heavy (non-hydrogen) atoms. The van der Waals surface area contributed by atoms with Gasteiger partial charge in [0.05, 0.1) is 6.54 Å². The number of hydrogen-bond acceptors (Lipinski definition) is 7. The van der Waals surface area contributed by atoms with Crippen LogP contribution in [0.1, 0.15) is 31.6 Å². The van der Waals surface area contributed by atoms with Crippen LogP contribution in [0.3, 0.4) is 0 Å². The second kappa shape index (κ2) is 9.36. The van der Waals surface area contributed by atoms with Gasteiger partial charge in [-0.2, -0.15) is 0 Å². The molecular formula is C21H28N6O2S. The molecule has 3 heterocycles. The van der Waals surface area contributed by atoms with Gasteiger partial charge in [0.1, 0.15) is 16.3 Å². The van der Waals surface area contributed by atoms with Gasteiger partial charge in [-0.3, -0.25) is 4.90 Å². The fourth-order valence-electron chi connectivity index (χ4n) is 2.97. The van der Waals surface area contributed by atoms with E-state index in [-0.39, 0.29) is 6.09 Å². The molecule has 0 atom stereocenters. The third kappa shape index (κ3) is 5.22. The van der Waals surface area contributed by atoms with E-state index in [4.69, 9.17) is 9.72 Å². The number of rotatable bonds is 6. The molecule has 1 N–H and O–H groups in total. The molecule has 1 aliphatic rings. The normalized spacial score (nSPS) is 14.8. The fourth-order valence-corrected chi connectivity index (χ4v) is 3.77. The van der Waals surface area contributed by atoms with Crippen molar-refractivity contribution in [2.45, 2.75) is 39.5 Å². The number of ether oxygens (including phenoxy) is 1. The minimum Gasteiger partial charge on any atom is -0.444 e. The van der Waals surface area contributed by atoms with Gasteiger partial charge < -0.3 is 14.6 Å². The van der Waals surface area contributed by atoms with E-state index >= 15 is 0 Å². The Labute approximate surface area is 181 Å². The van der Waals surface area contributed by atoms with Gasteiger partial charge in [0, 0.05) is 30.6 Å². The van der Waals surface area contributed by atoms with Crippen molar-refractivity contribution in [2.75, 3.05) is 20.1 Å². The molecule has 8 nitrogen and oxygen atoms in total. The van der Waals surface area contributed by atoms with Crippen molar-refractivity contribution in [1.29, 1.82) is 0 Å². The summed E-state index contributed by atoms with van der Waals surface area (Å²) in [4.78, 5) is 18.8. The van der Waals surface area contributed by atoms with E-state index in [1.165, 1.54) is 0 Å². The van der Waals surface area contributed by atoms with Gasteiger partial charge in [0.15, 0.2) is 11.6 Å². The molecule has 0 spiro atoms. The first kappa shape index (κ1) is 21.9. The van der Waals surface area contributed by atoms with Gasteiger partial charge in [0.2, 0.25) is 0 Å². The van der Waals surface area contributed by atoms with Gasteiger partial charge in [-0.25, -0.2) is 9.78 Å². The number of allylic oxidation sites excluding steroid dienone is 4. The van der Waals surface area contributed by atoms with E-state index in [1.807, 2.05) is 56.0 Å². The van der Waals surface area contributed by atoms with E-state index in [0.717, 1.165) is 28.6 Å². The van der Waals surface area contributed by atoms with E-state index in [2.05, 4.69) is 22.1 Å². The molecule has 0 unspecified atom stereocenters. The van der Waals surface area contributed by atoms with Crippen LogP contribution in [0.4, 0.5) is 4.79 Å². The maximum absolute atomic E-state index is 12.4. The van der Waals surface area contributed by atoms with Crippen molar-refractivity contribution >= 4 is 23.0 Å². The van der Waals surface area contributed by atoms with Crippen LogP contribution >= 0.6 is 11.3 Å². The highest BCUT2D eigenvalue weighted by atomic mass is 32.1. The van der Waals surface area contributed by atoms with Crippen LogP contribution in [0.5, 0.6) is 0 Å². The van der Waals surface area contributed by atoms with Gasteiger partial charge in [-0.05, 0) is 27.8 Å². The predicted molar refractivity (Wildman–Crippen MR) is 119 cm³/mol. The molecule has 0 saturated heterocycles. The number of carbonyl (C=O) groups excluding carboxylic acids is 1. The highest BCUT2D eigenvalue weighted by Crippen LogP contribution is 2.28. The molecule has 0 fully saturated rings. The molecule has 2 aromatic rings. The summed E-state index contributed by atoms with van der Waals surface area (Å²) >= 11 is 1.55. The zero-order chi connectivity index (χ0) is 21.7. The molecule has 0 saturated carbocycles. The number of aromatic nitrogens is 4. The largest absolute Gasteiger partial charge is 0.444 e. The predicted octanol–water partition coefficient (Wildman–Crippen LogP) is 3.50. The molecule has 0 radical (unpaired) electrons. The van der Waals surface area contributed by atoms with Crippen molar-refractivity contribution in [3.63, 3.8) is 0 Å². The third-order valence-corrected chi connectivity index (χ3v) is 5.19. The van der Waals surface area contributed by atoms with Crippen LogP contribution in [-0.2, 0) is 17.8 Å². The second-order valence-electron chi connectivity index (χ2n) is 7.85. The summed E-state index contributed by atoms with van der Waals surface area (Å²) in [6.45, 7) is 11.7. The lowest BCUT2D eigenvalue weighted by molar-refractivity contribution is 0.0196. The van der Waals surface area contributed by atoms with Gasteiger partial charge in [-0.15, -0.1) is 21.5 Å². The Morgan fingerprint density at radius 2 is 2.17 bits per heavy atom. The van der Waals surface area contributed by atoms with Crippen molar-refractivity contribution in [3.8, 4) is 11.5 Å². The SMILES string of the molecule is C=C/C=C(\C=C/CNC)c1nc(-c2nnc3n2CCN(C(=O)OC(C)(C)C)C3)cs1. The van der Waals surface area contributed by atoms with Crippen LogP contribution < -0.4 is 5.32 Å². The van der Waals surface area contributed by atoms with Crippen molar-refractivity contribution in [3.05, 3.63) is 47.1 Å². The lowest BCUT2D eigenvalue weighted by atomic mass is 10.2. The Morgan fingerprint density at radius 3 is 2.87 bits per heavy atom. The molecule has 0 aromatic carbocycles. The molecule has 1 aliphatic heterocycles. The van der Waals surface area contributed by atoms with Crippen LogP contribution in [0.25, 0.3) is 17.1 Å². The summed E-state index contributed by atoms with van der Waals surface area (Å²) < 4.78 is 7.49. The summed E-state index contributed by atoms with van der Waals surface area (Å²) in [5, 5.41) is 14.6. The average Bonchev–Trinajstić information content (AvgIpc) is 3.32. The Morgan fingerprint density at radius 1 is 1.37 bits per heavy atom. The van der Waals surface area contributed by atoms with Gasteiger partial charge in [0.25, 0.3) is 0 Å². The monoisotopic (exact) mass is 428 g/mol. The van der Waals surface area contributed by atoms with Crippen LogP contribution in [0.15, 0.2) is 36.3 Å². The fraction of sp³-hybridized carbons (Fsp3) is 0.429. The molecular weight excluding hydrogens is 400 g/mol. The molecule has 0 bridgehead atoms. The molecule has 3 rings (SSSR count). The topological polar surface area (TPSA) is 85.2 Å². The number of nitrogens with zero attached hydrogens (tertiary/aromatic N) is 5. The van der Waals surface area contributed by atoms with Gasteiger partial charge >= 0.3 is 6.09 Å². The first-order valence-corrected chi connectivity index (χ1v) is 10.7. The maximum Gasteiger partial charge on any atom is 0.410 e. The zero-order valence-corrected chi connectivity index (χ0v) is 18.7. The zero-order valence-electron chi connectivity index (χ0n) is 17.9. The Hall–Kier alpha value is -2.78. The molecule has 1 amide bonds. The van der Waals surface area contributed by atoms with Crippen LogP contribution in [-0.4, -0.2) is 56.5 Å². The highest BCUT2D eigenvalue weighted by Gasteiger charge is 2.29. The smallest absolute Gasteiger partial charge is 0.410 e. The Balaban J connectivity index is 1.78. The van der Waals surface area contributed by atoms with E-state index in [0.29, 0.717) is 25.5 Å². The number of fused-ring (bicyclic) bond motifs is 1. The number of likely N-dealkylation sites (N-methyl/N-ethyl adjacent to an activating group) is 1. The van der Waals surface area contributed by atoms with Crippen molar-refractivity contribution in [1.82, 2.24) is 30.0 Å². The van der Waals surface area contributed by atoms with Gasteiger partial charge in [-0.1, -0.05) is 30.9 Å². The third-order valence-electron chi connectivity index (χ3n) is 4.30. The minimum atomic E-state index is -0.525. The number of nitrogens with one attached hydrogen (secondary N) is 1. The maximum atomic E-state index is 12.4. The quantitative estimate of drug-likeness (QED) is 0.709. The van der Waals surface area contributed by atoms with Crippen molar-refractivity contribution < 1.29 is 9.53 Å². The second-order valence-corrected chi connectivity index (χ2v) is 8.71. The molecule has 9 heteroatoms. The van der Waals surface area contributed by atoms with E-state index < -0.39 is 5.60 Å². The van der Waals surface area contributed by atoms with Crippen LogP contribution in [0, 0.1) is 0 Å². The summed E-state index contributed by atoms with van der Waals surface area (Å²) in [5.74, 6) is 1.45. The lowest BCUT2D eigenvalue weighted by Gasteiger charge is -2.30. The molecule has 160 valence electrons. The van der Waals surface area contributed by atoms with Crippen molar-refractivity contribution in [2.24, 2.45) is 0 Å². The number of hydrogen-bond donors (Lipinski definition) is 1. The summed E-state index contributed by atoms with van der Waals surface area (Å²) in [6.07, 6.45) is 7.43. The first-order chi connectivity index (χ1) is 14.3. The summed E-state index contributed by atoms with van der Waals surface area (Å²) in [5.41, 5.74) is 1.24. The number of carbonyl (C=O) groups is 1. The van der Waals surface area contributed by atoms with E-state index in [9.17, 15) is 4.79 Å². The first-order valence-electron chi connectivity index (χ1n) is 9.82. The Bertz CT molecular complexity index is 967. The lowest BCUT2D eigenvalue weighted by Crippen LogP contribution is -2.41. The van der Waals surface area contributed by atoms with E-state index in [1.54, 1.807) is 22.3 Å². The average molecular weight is 429 g/mol. The molecule has 0 aliphatic carbocycles. The standard InChI is InChI=1S/C21H28N6O2S/c1-6-8-15(9-7-10-22-5)19-23-16(14-30-19)18-25-24-17-13-26(11-12-27(17)18)20(28)29-21(2,3)4/h6-9,14,22H,1,10-13H2,2-5H3/b9-7-,15-8+.